The summed E-state index contributed by atoms with van der Waals surface area (Å²) in [4.78, 5) is 3.23. The largest absolute Gasteiger partial charge is 0.395 e. The van der Waals surface area contributed by atoms with E-state index in [0.29, 0.717) is 0 Å². The van der Waals surface area contributed by atoms with Gasteiger partial charge in [0.2, 0.25) is 0 Å². The fourth-order valence-corrected chi connectivity index (χ4v) is 1.65. The molecule has 0 radical (unpaired) electrons. The van der Waals surface area contributed by atoms with Crippen molar-refractivity contribution in [2.45, 2.75) is 19.5 Å². The molecule has 0 aliphatic carbocycles. The molecular formula is C12H16N2O. The van der Waals surface area contributed by atoms with Crippen molar-refractivity contribution < 1.29 is 5.11 Å². The van der Waals surface area contributed by atoms with Crippen LogP contribution in [0, 0.1) is 0 Å². The minimum absolute atomic E-state index is 0.134. The van der Waals surface area contributed by atoms with Crippen LogP contribution in [0.5, 0.6) is 0 Å². The molecule has 1 aromatic carbocycles. The smallest absolute Gasteiger partial charge is 0.0582 e. The van der Waals surface area contributed by atoms with Gasteiger partial charge in [-0.2, -0.15) is 0 Å². The standard InChI is InChI=1S/C12H16N2O/c1-9(8-15)14-7-11-4-2-3-10-5-6-13-12(10)11/h2-6,9,13-15H,7-8H2,1H3. The van der Waals surface area contributed by atoms with E-state index in [4.69, 9.17) is 5.11 Å². The third kappa shape index (κ3) is 2.19. The first kappa shape index (κ1) is 10.2. The van der Waals surface area contributed by atoms with E-state index in [1.807, 2.05) is 13.1 Å². The maximum Gasteiger partial charge on any atom is 0.0582 e. The fraction of sp³-hybridized carbons (Fsp3) is 0.333. The lowest BCUT2D eigenvalue weighted by molar-refractivity contribution is 0.251. The fourth-order valence-electron chi connectivity index (χ4n) is 1.65. The first-order chi connectivity index (χ1) is 7.31. The topological polar surface area (TPSA) is 48.0 Å². The van der Waals surface area contributed by atoms with Crippen LogP contribution in [0.2, 0.25) is 0 Å². The number of H-pyrrole nitrogens is 1. The van der Waals surface area contributed by atoms with Gasteiger partial charge in [0.25, 0.3) is 0 Å². The normalized spacial score (nSPS) is 13.2. The highest BCUT2D eigenvalue weighted by Gasteiger charge is 2.03. The van der Waals surface area contributed by atoms with E-state index in [-0.39, 0.29) is 12.6 Å². The Balaban J connectivity index is 2.17. The minimum atomic E-state index is 0.134. The lowest BCUT2D eigenvalue weighted by Crippen LogP contribution is -2.28. The van der Waals surface area contributed by atoms with E-state index in [9.17, 15) is 0 Å². The van der Waals surface area contributed by atoms with Crippen LogP contribution in [-0.4, -0.2) is 22.7 Å². The number of aliphatic hydroxyl groups excluding tert-OH is 1. The van der Waals surface area contributed by atoms with Crippen molar-refractivity contribution in [1.29, 1.82) is 0 Å². The highest BCUT2D eigenvalue weighted by Crippen LogP contribution is 2.16. The van der Waals surface area contributed by atoms with E-state index in [0.717, 1.165) is 6.54 Å². The maximum atomic E-state index is 8.92. The summed E-state index contributed by atoms with van der Waals surface area (Å²) in [6.45, 7) is 2.91. The summed E-state index contributed by atoms with van der Waals surface area (Å²) < 4.78 is 0. The van der Waals surface area contributed by atoms with Crippen molar-refractivity contribution in [2.75, 3.05) is 6.61 Å². The summed E-state index contributed by atoms with van der Waals surface area (Å²) in [6, 6.07) is 8.43. The van der Waals surface area contributed by atoms with Crippen LogP contribution in [0.25, 0.3) is 10.9 Å². The van der Waals surface area contributed by atoms with Gasteiger partial charge in [-0.1, -0.05) is 18.2 Å². The maximum absolute atomic E-state index is 8.92. The van der Waals surface area contributed by atoms with Crippen LogP contribution in [-0.2, 0) is 6.54 Å². The van der Waals surface area contributed by atoms with Crippen molar-refractivity contribution in [2.24, 2.45) is 0 Å². The quantitative estimate of drug-likeness (QED) is 0.709. The minimum Gasteiger partial charge on any atom is -0.395 e. The Labute approximate surface area is 89.1 Å². The van der Waals surface area contributed by atoms with Gasteiger partial charge in [-0.3, -0.25) is 0 Å². The molecule has 2 aromatic rings. The number of rotatable bonds is 4. The monoisotopic (exact) mass is 204 g/mol. The Bertz CT molecular complexity index is 436. The molecule has 0 saturated heterocycles. The Morgan fingerprint density at radius 3 is 3.07 bits per heavy atom. The van der Waals surface area contributed by atoms with Gasteiger partial charge in [-0.15, -0.1) is 0 Å². The number of benzene rings is 1. The first-order valence-corrected chi connectivity index (χ1v) is 5.20. The van der Waals surface area contributed by atoms with Crippen LogP contribution in [0.4, 0.5) is 0 Å². The first-order valence-electron chi connectivity index (χ1n) is 5.20. The Morgan fingerprint density at radius 2 is 2.27 bits per heavy atom. The second kappa shape index (κ2) is 4.47. The van der Waals surface area contributed by atoms with Gasteiger partial charge in [0.05, 0.1) is 6.61 Å². The molecule has 15 heavy (non-hydrogen) atoms. The molecule has 80 valence electrons. The number of aromatic nitrogens is 1. The summed E-state index contributed by atoms with van der Waals surface area (Å²) in [6.07, 6.45) is 1.95. The molecule has 2 rings (SSSR count). The van der Waals surface area contributed by atoms with Gasteiger partial charge in [-0.05, 0) is 23.9 Å². The van der Waals surface area contributed by atoms with Crippen molar-refractivity contribution in [3.63, 3.8) is 0 Å². The van der Waals surface area contributed by atoms with Crippen LogP contribution in [0.15, 0.2) is 30.5 Å². The van der Waals surface area contributed by atoms with Crippen molar-refractivity contribution in [3.8, 4) is 0 Å². The molecular weight excluding hydrogens is 188 g/mol. The molecule has 1 aromatic heterocycles. The molecule has 0 bridgehead atoms. The third-order valence-electron chi connectivity index (χ3n) is 2.59. The number of fused-ring (bicyclic) bond motifs is 1. The highest BCUT2D eigenvalue weighted by molar-refractivity contribution is 5.82. The van der Waals surface area contributed by atoms with E-state index in [1.165, 1.54) is 16.5 Å². The lowest BCUT2D eigenvalue weighted by atomic mass is 10.1. The predicted molar refractivity (Wildman–Crippen MR) is 61.7 cm³/mol. The molecule has 1 atom stereocenters. The van der Waals surface area contributed by atoms with Gasteiger partial charge in [0, 0.05) is 24.3 Å². The predicted octanol–water partition coefficient (Wildman–Crippen LogP) is 1.64. The number of hydrogen-bond donors (Lipinski definition) is 3. The molecule has 1 unspecified atom stereocenters. The second-order valence-electron chi connectivity index (χ2n) is 3.82. The molecule has 0 spiro atoms. The Morgan fingerprint density at radius 1 is 1.40 bits per heavy atom. The summed E-state index contributed by atoms with van der Waals surface area (Å²) in [5.41, 5.74) is 2.41. The molecule has 0 aliphatic heterocycles. The van der Waals surface area contributed by atoms with Crippen molar-refractivity contribution >= 4 is 10.9 Å². The average molecular weight is 204 g/mol. The van der Waals surface area contributed by atoms with Crippen LogP contribution >= 0.6 is 0 Å². The van der Waals surface area contributed by atoms with Crippen molar-refractivity contribution in [3.05, 3.63) is 36.0 Å². The van der Waals surface area contributed by atoms with Gasteiger partial charge in [0.1, 0.15) is 0 Å². The summed E-state index contributed by atoms with van der Waals surface area (Å²) in [7, 11) is 0. The zero-order valence-electron chi connectivity index (χ0n) is 8.83. The zero-order chi connectivity index (χ0) is 10.7. The summed E-state index contributed by atoms with van der Waals surface area (Å²) in [5, 5.41) is 13.4. The molecule has 0 aliphatic rings. The number of nitrogens with one attached hydrogen (secondary N) is 2. The van der Waals surface area contributed by atoms with Gasteiger partial charge in [-0.25, -0.2) is 0 Å². The van der Waals surface area contributed by atoms with Gasteiger partial charge in [0.15, 0.2) is 0 Å². The van der Waals surface area contributed by atoms with Crippen molar-refractivity contribution in [1.82, 2.24) is 10.3 Å². The van der Waals surface area contributed by atoms with E-state index in [2.05, 4.69) is 34.6 Å². The molecule has 0 fully saturated rings. The van der Waals surface area contributed by atoms with Crippen LogP contribution in [0.3, 0.4) is 0 Å². The SMILES string of the molecule is CC(CO)NCc1cccc2cc[nH]c12. The summed E-state index contributed by atoms with van der Waals surface area (Å²) in [5.74, 6) is 0. The number of hydrogen-bond acceptors (Lipinski definition) is 2. The summed E-state index contributed by atoms with van der Waals surface area (Å²) >= 11 is 0. The van der Waals surface area contributed by atoms with E-state index >= 15 is 0 Å². The number of aromatic amines is 1. The highest BCUT2D eigenvalue weighted by atomic mass is 16.3. The van der Waals surface area contributed by atoms with Gasteiger partial charge >= 0.3 is 0 Å². The second-order valence-corrected chi connectivity index (χ2v) is 3.82. The van der Waals surface area contributed by atoms with E-state index in [1.54, 1.807) is 0 Å². The Hall–Kier alpha value is -1.32. The van der Waals surface area contributed by atoms with E-state index < -0.39 is 0 Å². The zero-order valence-corrected chi connectivity index (χ0v) is 8.83. The number of aliphatic hydroxyl groups is 1. The molecule has 3 heteroatoms. The van der Waals surface area contributed by atoms with Gasteiger partial charge < -0.3 is 15.4 Å². The average Bonchev–Trinajstić information content (AvgIpc) is 2.74. The molecule has 1 heterocycles. The molecule has 3 N–H and O–H groups in total. The molecule has 3 nitrogen and oxygen atoms in total. The lowest BCUT2D eigenvalue weighted by Gasteiger charge is -2.11. The van der Waals surface area contributed by atoms with Crippen LogP contribution in [0.1, 0.15) is 12.5 Å². The van der Waals surface area contributed by atoms with Crippen LogP contribution < -0.4 is 5.32 Å². The Kier molecular flexibility index (Phi) is 3.04. The number of para-hydroxylation sites is 1. The molecule has 0 amide bonds. The molecule has 0 saturated carbocycles. The third-order valence-corrected chi connectivity index (χ3v) is 2.59.